The molecule has 4 aromatic carbocycles. The molecule has 0 unspecified atom stereocenters. The van der Waals surface area contributed by atoms with E-state index in [4.69, 9.17) is 14.2 Å². The lowest BCUT2D eigenvalue weighted by Crippen LogP contribution is -2.51. The number of alkyl halides is 6. The number of para-hydroxylation sites is 1. The Bertz CT molecular complexity index is 1740. The summed E-state index contributed by atoms with van der Waals surface area (Å²) in [5.74, 6) is 0.541. The predicted molar refractivity (Wildman–Crippen MR) is 153 cm³/mol. The molecule has 4 aromatic rings. The number of carbonyl (C=O) groups is 1. The molecule has 1 saturated heterocycles. The molecule has 1 amide bonds. The van der Waals surface area contributed by atoms with E-state index in [0.717, 1.165) is 17.0 Å². The second kappa shape index (κ2) is 12.9. The number of hydrogen-bond donors (Lipinski definition) is 0. The molecule has 1 aliphatic heterocycles. The van der Waals surface area contributed by atoms with Crippen molar-refractivity contribution in [2.24, 2.45) is 0 Å². The predicted octanol–water partition coefficient (Wildman–Crippen LogP) is 8.78. The van der Waals surface area contributed by atoms with Gasteiger partial charge in [-0.2, -0.15) is 26.3 Å². The first-order chi connectivity index (χ1) is 22.2. The van der Waals surface area contributed by atoms with Gasteiger partial charge in [-0.3, -0.25) is 0 Å². The molecule has 0 saturated carbocycles. The summed E-state index contributed by atoms with van der Waals surface area (Å²) in [7, 11) is 0. The SMILES string of the molecule is C[C@@H](OC[C@@]1(c2ccc(F)cc2)C(=C=O)O[C@H](c2ccccc2)N1C(=O)Oc1ccccc1)c1cc(C(F)(F)F)cc(C(F)(F)F)c1. The number of ether oxygens (including phenoxy) is 3. The van der Waals surface area contributed by atoms with Crippen LogP contribution in [0.15, 0.2) is 109 Å². The van der Waals surface area contributed by atoms with Gasteiger partial charge in [0.1, 0.15) is 11.6 Å². The van der Waals surface area contributed by atoms with Crippen LogP contribution in [0.2, 0.25) is 0 Å². The van der Waals surface area contributed by atoms with E-state index in [1.165, 1.54) is 31.2 Å². The molecule has 0 aromatic heterocycles. The largest absolute Gasteiger partial charge is 0.456 e. The fraction of sp³-hybridized carbons (Fsp3) is 0.206. The highest BCUT2D eigenvalue weighted by Crippen LogP contribution is 2.50. The molecule has 244 valence electrons. The third-order valence-electron chi connectivity index (χ3n) is 7.52. The first-order valence-electron chi connectivity index (χ1n) is 13.9. The Labute approximate surface area is 263 Å². The van der Waals surface area contributed by atoms with Gasteiger partial charge in [0, 0.05) is 5.56 Å². The summed E-state index contributed by atoms with van der Waals surface area (Å²) in [4.78, 5) is 27.6. The second-order valence-electron chi connectivity index (χ2n) is 10.5. The van der Waals surface area contributed by atoms with E-state index < -0.39 is 71.2 Å². The highest BCUT2D eigenvalue weighted by Gasteiger charge is 2.59. The van der Waals surface area contributed by atoms with Crippen LogP contribution in [0.3, 0.4) is 0 Å². The molecule has 5 rings (SSSR count). The summed E-state index contributed by atoms with van der Waals surface area (Å²) >= 11 is 0. The molecule has 6 nitrogen and oxygen atoms in total. The van der Waals surface area contributed by atoms with Gasteiger partial charge in [0.25, 0.3) is 0 Å². The molecule has 3 atom stereocenters. The van der Waals surface area contributed by atoms with E-state index in [1.807, 2.05) is 0 Å². The van der Waals surface area contributed by atoms with Crippen molar-refractivity contribution in [2.45, 2.75) is 37.1 Å². The maximum absolute atomic E-state index is 14.1. The Kier molecular flexibility index (Phi) is 9.15. The quantitative estimate of drug-likeness (QED) is 0.147. The van der Waals surface area contributed by atoms with Crippen LogP contribution in [0.25, 0.3) is 0 Å². The normalized spacial score (nSPS) is 18.8. The summed E-state index contributed by atoms with van der Waals surface area (Å²) in [5.41, 5.74) is -5.29. The van der Waals surface area contributed by atoms with E-state index in [9.17, 15) is 40.3 Å². The van der Waals surface area contributed by atoms with Crippen LogP contribution in [0.5, 0.6) is 5.75 Å². The first kappa shape index (κ1) is 33.2. The minimum Gasteiger partial charge on any atom is -0.456 e. The second-order valence-corrected chi connectivity index (χ2v) is 10.5. The lowest BCUT2D eigenvalue weighted by molar-refractivity contribution is -0.143. The number of carbonyl (C=O) groups excluding carboxylic acids is 2. The molecule has 0 bridgehead atoms. The standard InChI is InChI=1S/C34H24F7NO5/c1-21(23-16-25(33(36,37)38)18-26(17-23)34(39,40)41)45-20-32(24-12-14-27(35)15-13-24)29(19-43)47-30(22-8-4-2-5-9-22)42(32)31(44)46-28-10-6-3-7-11-28/h2-18,21,30H,20H2,1H3/t21-,30-,32-/m1/s1. The van der Waals surface area contributed by atoms with E-state index >= 15 is 0 Å². The fourth-order valence-corrected chi connectivity index (χ4v) is 5.17. The molecule has 47 heavy (non-hydrogen) atoms. The van der Waals surface area contributed by atoms with Crippen LogP contribution < -0.4 is 4.74 Å². The Morgan fingerprint density at radius 3 is 1.96 bits per heavy atom. The minimum absolute atomic E-state index is 0.0138. The van der Waals surface area contributed by atoms with Gasteiger partial charge in [0.2, 0.25) is 12.0 Å². The topological polar surface area (TPSA) is 65.1 Å². The van der Waals surface area contributed by atoms with Crippen molar-refractivity contribution in [3.8, 4) is 5.75 Å². The van der Waals surface area contributed by atoms with Crippen molar-refractivity contribution in [1.29, 1.82) is 0 Å². The molecule has 0 radical (unpaired) electrons. The van der Waals surface area contributed by atoms with E-state index in [-0.39, 0.29) is 17.4 Å². The van der Waals surface area contributed by atoms with Crippen molar-refractivity contribution in [2.75, 3.05) is 6.61 Å². The van der Waals surface area contributed by atoms with Gasteiger partial charge < -0.3 is 14.2 Å². The Morgan fingerprint density at radius 1 is 0.872 bits per heavy atom. The van der Waals surface area contributed by atoms with Crippen LogP contribution in [-0.4, -0.2) is 23.5 Å². The highest BCUT2D eigenvalue weighted by molar-refractivity contribution is 5.76. The van der Waals surface area contributed by atoms with Crippen molar-refractivity contribution in [3.05, 3.63) is 143 Å². The van der Waals surface area contributed by atoms with Crippen molar-refractivity contribution in [1.82, 2.24) is 4.90 Å². The van der Waals surface area contributed by atoms with Gasteiger partial charge in [-0.05, 0) is 60.5 Å². The lowest BCUT2D eigenvalue weighted by Gasteiger charge is -2.37. The summed E-state index contributed by atoms with van der Waals surface area (Å²) in [5, 5.41) is 0. The fourth-order valence-electron chi connectivity index (χ4n) is 5.17. The third-order valence-corrected chi connectivity index (χ3v) is 7.52. The zero-order chi connectivity index (χ0) is 34.0. The van der Waals surface area contributed by atoms with Crippen LogP contribution in [0.4, 0.5) is 35.5 Å². The van der Waals surface area contributed by atoms with Gasteiger partial charge >= 0.3 is 18.4 Å². The Balaban J connectivity index is 1.64. The minimum atomic E-state index is -5.11. The number of rotatable bonds is 7. The lowest BCUT2D eigenvalue weighted by atomic mass is 9.87. The van der Waals surface area contributed by atoms with Gasteiger partial charge in [0.05, 0.1) is 23.8 Å². The summed E-state index contributed by atoms with van der Waals surface area (Å²) in [6, 6.07) is 21.5. The zero-order valence-corrected chi connectivity index (χ0v) is 24.3. The molecule has 0 spiro atoms. The van der Waals surface area contributed by atoms with Gasteiger partial charge in [-0.1, -0.05) is 60.7 Å². The summed E-state index contributed by atoms with van der Waals surface area (Å²) in [6.07, 6.45) is -14.1. The summed E-state index contributed by atoms with van der Waals surface area (Å²) in [6.45, 7) is 0.435. The van der Waals surface area contributed by atoms with Crippen LogP contribution >= 0.6 is 0 Å². The summed E-state index contributed by atoms with van der Waals surface area (Å²) < 4.78 is 113. The van der Waals surface area contributed by atoms with Crippen molar-refractivity contribution >= 4 is 12.0 Å². The average Bonchev–Trinajstić information content (AvgIpc) is 3.39. The highest BCUT2D eigenvalue weighted by atomic mass is 19.4. The maximum Gasteiger partial charge on any atom is 0.419 e. The monoisotopic (exact) mass is 659 g/mol. The molecule has 1 aliphatic rings. The van der Waals surface area contributed by atoms with Crippen LogP contribution in [0, 0.1) is 5.82 Å². The van der Waals surface area contributed by atoms with E-state index in [2.05, 4.69) is 0 Å². The first-order valence-corrected chi connectivity index (χ1v) is 13.9. The molecule has 0 aliphatic carbocycles. The zero-order valence-electron chi connectivity index (χ0n) is 24.3. The average molecular weight is 660 g/mol. The maximum atomic E-state index is 14.1. The number of amides is 1. The van der Waals surface area contributed by atoms with E-state index in [1.54, 1.807) is 54.5 Å². The number of benzene rings is 4. The van der Waals surface area contributed by atoms with Gasteiger partial charge in [-0.15, -0.1) is 0 Å². The smallest absolute Gasteiger partial charge is 0.419 e. The van der Waals surface area contributed by atoms with Gasteiger partial charge in [0.15, 0.2) is 11.5 Å². The Morgan fingerprint density at radius 2 is 1.43 bits per heavy atom. The number of hydrogen-bond acceptors (Lipinski definition) is 5. The van der Waals surface area contributed by atoms with Crippen LogP contribution in [0.1, 0.15) is 47.1 Å². The van der Waals surface area contributed by atoms with Gasteiger partial charge in [-0.25, -0.2) is 18.9 Å². The van der Waals surface area contributed by atoms with E-state index in [0.29, 0.717) is 17.7 Å². The molecule has 1 fully saturated rings. The number of nitrogens with zero attached hydrogens (tertiary/aromatic N) is 1. The molecule has 0 N–H and O–H groups in total. The number of halogens is 7. The van der Waals surface area contributed by atoms with Crippen LogP contribution in [-0.2, 0) is 32.2 Å². The third kappa shape index (κ3) is 6.86. The van der Waals surface area contributed by atoms with Crippen molar-refractivity contribution in [3.63, 3.8) is 0 Å². The Hall–Kier alpha value is -5.13. The molecule has 1 heterocycles. The molecular formula is C34H24F7NO5. The molecule has 13 heteroatoms. The molecular weight excluding hydrogens is 635 g/mol. The van der Waals surface area contributed by atoms with Crippen molar-refractivity contribution < 1.29 is 54.5 Å².